The average Bonchev–Trinajstić information content (AvgIpc) is 3.41. The Labute approximate surface area is 202 Å². The zero-order valence-electron chi connectivity index (χ0n) is 18.9. The highest BCUT2D eigenvalue weighted by atomic mass is 32.3. The predicted octanol–water partition coefficient (Wildman–Crippen LogP) is 2.23. The molecular formula is C23H24N3O8S-. The maximum Gasteiger partial charge on any atom is 0.266 e. The number of likely N-dealkylation sites (N-methyl/N-ethyl adjacent to an activating group) is 1. The van der Waals surface area contributed by atoms with Crippen LogP contribution in [-0.4, -0.2) is 64.6 Å². The van der Waals surface area contributed by atoms with E-state index < -0.39 is 22.7 Å². The molecule has 0 aliphatic carbocycles. The molecule has 0 saturated carbocycles. The molecule has 0 fully saturated rings. The number of rotatable bonds is 9. The lowest BCUT2D eigenvalue weighted by Crippen LogP contribution is -2.31. The Morgan fingerprint density at radius 2 is 1.94 bits per heavy atom. The summed E-state index contributed by atoms with van der Waals surface area (Å²) in [4.78, 5) is 6.53. The highest BCUT2D eigenvalue weighted by Gasteiger charge is 2.35. The summed E-state index contributed by atoms with van der Waals surface area (Å²) >= 11 is 0. The van der Waals surface area contributed by atoms with Crippen molar-refractivity contribution in [1.82, 2.24) is 14.5 Å². The molecule has 1 aliphatic rings. The van der Waals surface area contributed by atoms with Gasteiger partial charge in [-0.05, 0) is 55.6 Å². The number of imidazole rings is 1. The highest BCUT2D eigenvalue weighted by molar-refractivity contribution is 7.80. The maximum atomic E-state index is 10.6. The Morgan fingerprint density at radius 3 is 2.66 bits per heavy atom. The molecule has 0 radical (unpaired) electrons. The predicted molar refractivity (Wildman–Crippen MR) is 124 cm³/mol. The van der Waals surface area contributed by atoms with Crippen LogP contribution in [0.25, 0.3) is 6.08 Å². The standard InChI is InChI=1S/C23H25N3O8S/c1-25(2)9-7-17-13-26(14-24-17)22(16-4-5-18(27)19(28)12-16)23-33-20-6-3-15(11-21(20)34-23)8-10-32-35(29,30)31/h3-6,8,10-14,22-23,27-28H,7,9H2,1-2H3,(H,29,30,31)/p-1/b10-8-. The number of hydrogen-bond donors (Lipinski definition) is 2. The summed E-state index contributed by atoms with van der Waals surface area (Å²) in [5, 5.41) is 19.9. The first-order valence-corrected chi connectivity index (χ1v) is 11.9. The zero-order chi connectivity index (χ0) is 25.2. The fraction of sp³-hybridized carbons (Fsp3) is 0.261. The third kappa shape index (κ3) is 6.04. The first kappa shape index (κ1) is 24.4. The van der Waals surface area contributed by atoms with Crippen LogP contribution in [0.3, 0.4) is 0 Å². The van der Waals surface area contributed by atoms with Crippen LogP contribution < -0.4 is 9.47 Å². The summed E-state index contributed by atoms with van der Waals surface area (Å²) in [5.41, 5.74) is 2.00. The molecule has 2 atom stereocenters. The number of phenols is 2. The normalized spacial score (nSPS) is 16.2. The average molecular weight is 503 g/mol. The van der Waals surface area contributed by atoms with Gasteiger partial charge in [0.05, 0.1) is 12.0 Å². The topological polar surface area (TPSA) is 146 Å². The number of nitrogens with zero attached hydrogens (tertiary/aromatic N) is 3. The molecule has 1 aromatic heterocycles. The molecule has 4 rings (SSSR count). The van der Waals surface area contributed by atoms with Crippen LogP contribution in [-0.2, 0) is 21.0 Å². The van der Waals surface area contributed by atoms with Crippen molar-refractivity contribution < 1.29 is 36.8 Å². The summed E-state index contributed by atoms with van der Waals surface area (Å²) in [6.45, 7) is 0.817. The van der Waals surface area contributed by atoms with Gasteiger partial charge in [-0.15, -0.1) is 0 Å². The summed E-state index contributed by atoms with van der Waals surface area (Å²) in [6, 6.07) is 8.80. The summed E-state index contributed by atoms with van der Waals surface area (Å²) in [5.74, 6) is 0.310. The van der Waals surface area contributed by atoms with Crippen LogP contribution in [0.4, 0.5) is 0 Å². The van der Waals surface area contributed by atoms with Crippen LogP contribution in [0.1, 0.15) is 22.9 Å². The van der Waals surface area contributed by atoms with E-state index >= 15 is 0 Å². The van der Waals surface area contributed by atoms with Gasteiger partial charge < -0.3 is 37.9 Å². The molecule has 186 valence electrons. The van der Waals surface area contributed by atoms with Crippen LogP contribution in [0, 0.1) is 0 Å². The Bertz CT molecular complexity index is 1340. The molecule has 2 N–H and O–H groups in total. The zero-order valence-corrected chi connectivity index (χ0v) is 19.8. The highest BCUT2D eigenvalue weighted by Crippen LogP contribution is 2.41. The second kappa shape index (κ2) is 9.86. The SMILES string of the molecule is CN(C)CCc1cn(C(c2ccc(O)c(O)c2)C2Oc3ccc(/C=C\OS(=O)(=O)[O-])cc3O2)cn1. The lowest BCUT2D eigenvalue weighted by molar-refractivity contribution is 0.0148. The van der Waals surface area contributed by atoms with Crippen molar-refractivity contribution >= 4 is 16.5 Å². The van der Waals surface area contributed by atoms with Gasteiger partial charge in [-0.2, -0.15) is 0 Å². The molecule has 1 aliphatic heterocycles. The van der Waals surface area contributed by atoms with Gasteiger partial charge in [0.25, 0.3) is 16.7 Å². The van der Waals surface area contributed by atoms with E-state index in [1.165, 1.54) is 18.2 Å². The molecule has 0 saturated heterocycles. The van der Waals surface area contributed by atoms with E-state index in [1.54, 1.807) is 30.6 Å². The number of benzene rings is 2. The first-order valence-electron chi connectivity index (χ1n) is 10.6. The molecule has 2 aromatic carbocycles. The third-order valence-corrected chi connectivity index (χ3v) is 5.62. The van der Waals surface area contributed by atoms with Gasteiger partial charge in [0.15, 0.2) is 23.0 Å². The monoisotopic (exact) mass is 502 g/mol. The van der Waals surface area contributed by atoms with Crippen LogP contribution in [0.15, 0.2) is 55.2 Å². The number of phenolic OH excluding ortho intramolecular Hbond substituents is 2. The van der Waals surface area contributed by atoms with Crippen molar-refractivity contribution in [1.29, 1.82) is 0 Å². The molecule has 3 aromatic rings. The molecule has 35 heavy (non-hydrogen) atoms. The molecule has 0 spiro atoms. The Hall–Kier alpha value is -3.74. The Morgan fingerprint density at radius 1 is 1.17 bits per heavy atom. The van der Waals surface area contributed by atoms with Gasteiger partial charge in [0, 0.05) is 19.2 Å². The largest absolute Gasteiger partial charge is 0.716 e. The first-order chi connectivity index (χ1) is 16.6. The fourth-order valence-corrected chi connectivity index (χ4v) is 3.78. The van der Waals surface area contributed by atoms with Crippen LogP contribution in [0.2, 0.25) is 0 Å². The maximum absolute atomic E-state index is 10.6. The van der Waals surface area contributed by atoms with E-state index in [9.17, 15) is 23.2 Å². The second-order valence-corrected chi connectivity index (χ2v) is 9.18. The van der Waals surface area contributed by atoms with Gasteiger partial charge in [-0.3, -0.25) is 0 Å². The smallest absolute Gasteiger partial charge is 0.266 e. The van der Waals surface area contributed by atoms with Gasteiger partial charge in [0.2, 0.25) is 0 Å². The molecule has 12 heteroatoms. The van der Waals surface area contributed by atoms with E-state index in [4.69, 9.17) is 9.47 Å². The lowest BCUT2D eigenvalue weighted by Gasteiger charge is -2.24. The summed E-state index contributed by atoms with van der Waals surface area (Å²) < 4.78 is 49.8. The van der Waals surface area contributed by atoms with E-state index in [1.807, 2.05) is 24.9 Å². The Kier molecular flexibility index (Phi) is 6.87. The lowest BCUT2D eigenvalue weighted by atomic mass is 10.1. The number of ether oxygens (including phenoxy) is 2. The summed E-state index contributed by atoms with van der Waals surface area (Å²) in [6.07, 6.45) is 5.50. The number of aromatic nitrogens is 2. The molecule has 0 amide bonds. The van der Waals surface area contributed by atoms with Crippen LogP contribution in [0.5, 0.6) is 23.0 Å². The van der Waals surface area contributed by atoms with Crippen molar-refractivity contribution in [3.05, 3.63) is 72.0 Å². The van der Waals surface area contributed by atoms with E-state index in [0.29, 0.717) is 22.6 Å². The minimum Gasteiger partial charge on any atom is -0.716 e. The van der Waals surface area contributed by atoms with Crippen molar-refractivity contribution in [3.8, 4) is 23.0 Å². The van der Waals surface area contributed by atoms with Crippen molar-refractivity contribution in [2.75, 3.05) is 20.6 Å². The molecule has 2 heterocycles. The molecule has 0 bridgehead atoms. The van der Waals surface area contributed by atoms with E-state index in [-0.39, 0.29) is 11.5 Å². The minimum absolute atomic E-state index is 0.250. The van der Waals surface area contributed by atoms with Gasteiger partial charge in [-0.25, -0.2) is 13.4 Å². The minimum atomic E-state index is -4.84. The van der Waals surface area contributed by atoms with E-state index in [2.05, 4.69) is 14.1 Å². The Balaban J connectivity index is 1.61. The van der Waals surface area contributed by atoms with Gasteiger partial charge in [0.1, 0.15) is 12.3 Å². The van der Waals surface area contributed by atoms with Crippen molar-refractivity contribution in [2.24, 2.45) is 0 Å². The van der Waals surface area contributed by atoms with Crippen molar-refractivity contribution in [2.45, 2.75) is 18.8 Å². The van der Waals surface area contributed by atoms with E-state index in [0.717, 1.165) is 24.9 Å². The molecule has 11 nitrogen and oxygen atoms in total. The molecular weight excluding hydrogens is 478 g/mol. The number of fused-ring (bicyclic) bond motifs is 1. The number of aromatic hydroxyl groups is 2. The second-order valence-electron chi connectivity index (χ2n) is 8.18. The third-order valence-electron chi connectivity index (χ3n) is 5.28. The molecule has 2 unspecified atom stereocenters. The quantitative estimate of drug-likeness (QED) is 0.193. The van der Waals surface area contributed by atoms with Crippen LogP contribution >= 0.6 is 0 Å². The fourth-order valence-electron chi connectivity index (χ4n) is 3.59. The van der Waals surface area contributed by atoms with Gasteiger partial charge >= 0.3 is 0 Å². The van der Waals surface area contributed by atoms with Crippen molar-refractivity contribution in [3.63, 3.8) is 0 Å². The summed E-state index contributed by atoms with van der Waals surface area (Å²) in [7, 11) is -0.887. The number of hydrogen-bond acceptors (Lipinski definition) is 10. The van der Waals surface area contributed by atoms with Gasteiger partial charge in [-0.1, -0.05) is 12.1 Å².